The molecule has 0 amide bonds. The van der Waals surface area contributed by atoms with Crippen molar-refractivity contribution in [1.29, 1.82) is 0 Å². The Morgan fingerprint density at radius 2 is 2.07 bits per heavy atom. The number of nitrogens with one attached hydrogen (secondary N) is 1. The monoisotopic (exact) mass is 207 g/mol. The van der Waals surface area contributed by atoms with Gasteiger partial charge in [0.25, 0.3) is 5.56 Å². The van der Waals surface area contributed by atoms with E-state index in [9.17, 15) is 4.79 Å². The zero-order valence-electron chi connectivity index (χ0n) is 9.72. The summed E-state index contributed by atoms with van der Waals surface area (Å²) >= 11 is 0. The van der Waals surface area contributed by atoms with Crippen molar-refractivity contribution in [2.45, 2.75) is 34.2 Å². The predicted octanol–water partition coefficient (Wildman–Crippen LogP) is 1.31. The average molecular weight is 207 g/mol. The molecule has 0 radical (unpaired) electrons. The summed E-state index contributed by atoms with van der Waals surface area (Å²) in [5.41, 5.74) is 1.76. The second kappa shape index (κ2) is 3.08. The molecule has 1 aromatic heterocycles. The molecule has 82 valence electrons. The van der Waals surface area contributed by atoms with Crippen molar-refractivity contribution >= 4 is 5.95 Å². The first kappa shape index (κ1) is 10.2. The lowest BCUT2D eigenvalue weighted by Crippen LogP contribution is -2.41. The molecule has 15 heavy (non-hydrogen) atoms. The van der Waals surface area contributed by atoms with E-state index < -0.39 is 0 Å². The molecular formula is C11H17N3O. The summed E-state index contributed by atoms with van der Waals surface area (Å²) in [6, 6.07) is 0. The molecule has 0 spiro atoms. The van der Waals surface area contributed by atoms with Crippen molar-refractivity contribution in [2.75, 3.05) is 11.9 Å². The smallest absolute Gasteiger partial charge is 0.258 e. The maximum atomic E-state index is 12.0. The third-order valence-electron chi connectivity index (χ3n) is 2.95. The summed E-state index contributed by atoms with van der Waals surface area (Å²) in [6.07, 6.45) is 0. The Morgan fingerprint density at radius 3 is 2.73 bits per heavy atom. The number of fused-ring (bicyclic) bond motifs is 1. The lowest BCUT2D eigenvalue weighted by atomic mass is 9.92. The molecule has 4 nitrogen and oxygen atoms in total. The fraction of sp³-hybridized carbons (Fsp3) is 0.636. The molecule has 0 unspecified atom stereocenters. The first-order valence-corrected chi connectivity index (χ1v) is 5.23. The number of hydrogen-bond donors (Lipinski definition) is 1. The molecule has 0 bridgehead atoms. The van der Waals surface area contributed by atoms with E-state index in [0.29, 0.717) is 5.95 Å². The van der Waals surface area contributed by atoms with E-state index in [0.717, 1.165) is 24.3 Å². The second-order valence-electron chi connectivity index (χ2n) is 5.05. The van der Waals surface area contributed by atoms with Crippen LogP contribution < -0.4 is 10.9 Å². The molecular weight excluding hydrogens is 190 g/mol. The van der Waals surface area contributed by atoms with Crippen molar-refractivity contribution in [3.05, 3.63) is 21.6 Å². The fourth-order valence-electron chi connectivity index (χ4n) is 1.84. The van der Waals surface area contributed by atoms with Gasteiger partial charge in [-0.3, -0.25) is 9.36 Å². The van der Waals surface area contributed by atoms with Gasteiger partial charge in [0.05, 0.1) is 0 Å². The van der Waals surface area contributed by atoms with Crippen LogP contribution in [0.1, 0.15) is 25.1 Å². The van der Waals surface area contributed by atoms with Gasteiger partial charge in [0.2, 0.25) is 5.95 Å². The van der Waals surface area contributed by atoms with E-state index in [1.165, 1.54) is 0 Å². The van der Waals surface area contributed by atoms with Crippen molar-refractivity contribution < 1.29 is 0 Å². The fourth-order valence-corrected chi connectivity index (χ4v) is 1.84. The number of hydrogen-bond acceptors (Lipinski definition) is 3. The highest BCUT2D eigenvalue weighted by atomic mass is 16.1. The van der Waals surface area contributed by atoms with Crippen LogP contribution in [-0.4, -0.2) is 16.1 Å². The minimum Gasteiger partial charge on any atom is -0.355 e. The topological polar surface area (TPSA) is 46.9 Å². The summed E-state index contributed by atoms with van der Waals surface area (Å²) in [4.78, 5) is 16.4. The Balaban J connectivity index is 2.60. The normalized spacial score (nSPS) is 18.1. The van der Waals surface area contributed by atoms with Crippen LogP contribution in [0.4, 0.5) is 5.95 Å². The van der Waals surface area contributed by atoms with Gasteiger partial charge in [-0.25, -0.2) is 4.98 Å². The van der Waals surface area contributed by atoms with Gasteiger partial charge in [0, 0.05) is 29.8 Å². The molecule has 1 aliphatic rings. The summed E-state index contributed by atoms with van der Waals surface area (Å²) < 4.78 is 1.74. The highest BCUT2D eigenvalue weighted by molar-refractivity contribution is 5.33. The Labute approximate surface area is 89.3 Å². The van der Waals surface area contributed by atoms with Crippen LogP contribution in [0, 0.1) is 19.3 Å². The Morgan fingerprint density at radius 1 is 1.40 bits per heavy atom. The highest BCUT2D eigenvalue weighted by Gasteiger charge is 2.27. The van der Waals surface area contributed by atoms with Gasteiger partial charge >= 0.3 is 0 Å². The van der Waals surface area contributed by atoms with Gasteiger partial charge < -0.3 is 5.32 Å². The summed E-state index contributed by atoms with van der Waals surface area (Å²) in [5.74, 6) is 0.711. The largest absolute Gasteiger partial charge is 0.355 e. The zero-order valence-corrected chi connectivity index (χ0v) is 9.72. The van der Waals surface area contributed by atoms with Gasteiger partial charge in [-0.1, -0.05) is 13.8 Å². The second-order valence-corrected chi connectivity index (χ2v) is 5.05. The van der Waals surface area contributed by atoms with E-state index in [4.69, 9.17) is 0 Å². The first-order chi connectivity index (χ1) is 6.91. The van der Waals surface area contributed by atoms with Crippen molar-refractivity contribution in [3.8, 4) is 0 Å². The number of rotatable bonds is 0. The molecule has 0 saturated heterocycles. The number of nitrogens with zero attached hydrogens (tertiary/aromatic N) is 2. The summed E-state index contributed by atoms with van der Waals surface area (Å²) in [7, 11) is 0. The maximum Gasteiger partial charge on any atom is 0.258 e. The highest BCUT2D eigenvalue weighted by Crippen LogP contribution is 2.24. The molecule has 0 fully saturated rings. The summed E-state index contributed by atoms with van der Waals surface area (Å²) in [5, 5.41) is 3.21. The minimum atomic E-state index is 0.0813. The molecule has 1 N–H and O–H groups in total. The lowest BCUT2D eigenvalue weighted by Gasteiger charge is -2.33. The standard InChI is InChI=1S/C11H17N3O/c1-7-8(2)13-10-12-5-11(3,4)6-14(10)9(7)15/h5-6H2,1-4H3,(H,12,13). The third-order valence-corrected chi connectivity index (χ3v) is 2.95. The number of aryl methyl sites for hydroxylation is 1. The molecule has 0 atom stereocenters. The number of aromatic nitrogens is 2. The van der Waals surface area contributed by atoms with E-state index in [2.05, 4.69) is 24.1 Å². The van der Waals surface area contributed by atoms with Crippen LogP contribution >= 0.6 is 0 Å². The van der Waals surface area contributed by atoms with E-state index in [1.54, 1.807) is 4.57 Å². The van der Waals surface area contributed by atoms with Crippen molar-refractivity contribution in [3.63, 3.8) is 0 Å². The molecule has 2 rings (SSSR count). The zero-order chi connectivity index (χ0) is 11.2. The molecule has 0 aromatic carbocycles. The van der Waals surface area contributed by atoms with Crippen LogP contribution in [0.25, 0.3) is 0 Å². The quantitative estimate of drug-likeness (QED) is 0.697. The Hall–Kier alpha value is -1.32. The summed E-state index contributed by atoms with van der Waals surface area (Å²) in [6.45, 7) is 9.60. The van der Waals surface area contributed by atoms with Gasteiger partial charge in [-0.05, 0) is 13.8 Å². The third kappa shape index (κ3) is 1.64. The van der Waals surface area contributed by atoms with Crippen molar-refractivity contribution in [1.82, 2.24) is 9.55 Å². The minimum absolute atomic E-state index is 0.0813. The lowest BCUT2D eigenvalue weighted by molar-refractivity contribution is 0.301. The molecule has 1 aromatic rings. The van der Waals surface area contributed by atoms with Gasteiger partial charge in [0.1, 0.15) is 0 Å². The SMILES string of the molecule is Cc1nc2n(c(=O)c1C)CC(C)(C)CN2. The van der Waals surface area contributed by atoms with Gasteiger partial charge in [-0.2, -0.15) is 0 Å². The molecule has 4 heteroatoms. The van der Waals surface area contributed by atoms with Crippen molar-refractivity contribution in [2.24, 2.45) is 5.41 Å². The van der Waals surface area contributed by atoms with Crippen LogP contribution in [0.2, 0.25) is 0 Å². The average Bonchev–Trinajstić information content (AvgIpc) is 2.16. The number of anilines is 1. The molecule has 2 heterocycles. The van der Waals surface area contributed by atoms with E-state index >= 15 is 0 Å². The van der Waals surface area contributed by atoms with Gasteiger partial charge in [-0.15, -0.1) is 0 Å². The van der Waals surface area contributed by atoms with Gasteiger partial charge in [0.15, 0.2) is 0 Å². The molecule has 1 aliphatic heterocycles. The maximum absolute atomic E-state index is 12.0. The van der Waals surface area contributed by atoms with Crippen LogP contribution in [0.5, 0.6) is 0 Å². The van der Waals surface area contributed by atoms with Crippen LogP contribution in [0.15, 0.2) is 4.79 Å². The predicted molar refractivity (Wildman–Crippen MR) is 60.2 cm³/mol. The Kier molecular flexibility index (Phi) is 2.10. The van der Waals surface area contributed by atoms with Crippen LogP contribution in [-0.2, 0) is 6.54 Å². The van der Waals surface area contributed by atoms with E-state index in [-0.39, 0.29) is 11.0 Å². The Bertz CT molecular complexity index is 460. The van der Waals surface area contributed by atoms with E-state index in [1.807, 2.05) is 13.8 Å². The molecule has 0 saturated carbocycles. The van der Waals surface area contributed by atoms with Crippen LogP contribution in [0.3, 0.4) is 0 Å². The molecule has 0 aliphatic carbocycles. The first-order valence-electron chi connectivity index (χ1n) is 5.23.